The Morgan fingerprint density at radius 2 is 2.11 bits per heavy atom. The number of hydrogen-bond donors (Lipinski definition) is 2. The third-order valence-corrected chi connectivity index (χ3v) is 4.70. The van der Waals surface area contributed by atoms with E-state index in [1.165, 1.54) is 12.1 Å². The summed E-state index contributed by atoms with van der Waals surface area (Å²) in [6.45, 7) is 4.77. The molecule has 8 heteroatoms. The van der Waals surface area contributed by atoms with Gasteiger partial charge < -0.3 is 15.0 Å². The van der Waals surface area contributed by atoms with E-state index in [9.17, 15) is 9.18 Å². The van der Waals surface area contributed by atoms with Crippen LogP contribution >= 0.6 is 0 Å². The second-order valence-corrected chi connectivity index (χ2v) is 6.70. The predicted octanol–water partition coefficient (Wildman–Crippen LogP) is 2.55. The van der Waals surface area contributed by atoms with Gasteiger partial charge in [0.15, 0.2) is 5.82 Å². The van der Waals surface area contributed by atoms with Crippen molar-refractivity contribution in [3.8, 4) is 5.69 Å². The van der Waals surface area contributed by atoms with E-state index in [0.717, 1.165) is 25.1 Å². The largest absolute Gasteiger partial charge is 0.383 e. The summed E-state index contributed by atoms with van der Waals surface area (Å²) < 4.78 is 20.1. The van der Waals surface area contributed by atoms with Crippen LogP contribution in [-0.4, -0.2) is 60.1 Å². The SMILES string of the molecule is COCCNC1CCN(C(=O)Nc2cc(C)n(-c3cccc(F)c3)n2)CC1. The molecule has 0 radical (unpaired) electrons. The third kappa shape index (κ3) is 5.05. The molecule has 1 aromatic heterocycles. The number of nitrogens with one attached hydrogen (secondary N) is 2. The first-order valence-corrected chi connectivity index (χ1v) is 9.17. The number of ether oxygens (including phenoxy) is 1. The molecule has 1 saturated heterocycles. The summed E-state index contributed by atoms with van der Waals surface area (Å²) in [5, 5.41) is 10.7. The Morgan fingerprint density at radius 3 is 2.81 bits per heavy atom. The van der Waals surface area contributed by atoms with Crippen molar-refractivity contribution in [2.75, 3.05) is 38.7 Å². The Kier molecular flexibility index (Phi) is 6.41. The lowest BCUT2D eigenvalue weighted by Gasteiger charge is -2.32. The van der Waals surface area contributed by atoms with Gasteiger partial charge in [-0.15, -0.1) is 5.10 Å². The second-order valence-electron chi connectivity index (χ2n) is 6.70. The van der Waals surface area contributed by atoms with Gasteiger partial charge in [-0.1, -0.05) is 6.07 Å². The fourth-order valence-corrected chi connectivity index (χ4v) is 3.25. The van der Waals surface area contributed by atoms with Gasteiger partial charge in [0.25, 0.3) is 0 Å². The molecule has 3 rings (SSSR count). The zero-order valence-electron chi connectivity index (χ0n) is 15.7. The van der Waals surface area contributed by atoms with Gasteiger partial charge in [0, 0.05) is 44.5 Å². The third-order valence-electron chi connectivity index (χ3n) is 4.70. The average Bonchev–Trinajstić information content (AvgIpc) is 3.02. The first kappa shape index (κ1) is 19.3. The molecule has 0 bridgehead atoms. The smallest absolute Gasteiger partial charge is 0.323 e. The van der Waals surface area contributed by atoms with Gasteiger partial charge in [-0.2, -0.15) is 0 Å². The monoisotopic (exact) mass is 375 g/mol. The fourth-order valence-electron chi connectivity index (χ4n) is 3.25. The van der Waals surface area contributed by atoms with Crippen LogP contribution in [0.5, 0.6) is 0 Å². The number of halogens is 1. The van der Waals surface area contributed by atoms with Crippen molar-refractivity contribution in [1.29, 1.82) is 0 Å². The minimum atomic E-state index is -0.324. The molecule has 0 aliphatic carbocycles. The molecule has 1 aliphatic heterocycles. The van der Waals surface area contributed by atoms with Crippen molar-refractivity contribution in [3.63, 3.8) is 0 Å². The highest BCUT2D eigenvalue weighted by molar-refractivity contribution is 5.88. The molecule has 146 valence electrons. The molecule has 1 aliphatic rings. The normalized spacial score (nSPS) is 15.1. The van der Waals surface area contributed by atoms with Crippen molar-refractivity contribution < 1.29 is 13.9 Å². The maximum absolute atomic E-state index is 13.4. The van der Waals surface area contributed by atoms with Gasteiger partial charge in [-0.05, 0) is 38.0 Å². The maximum atomic E-state index is 13.4. The Balaban J connectivity index is 1.55. The average molecular weight is 375 g/mol. The molecular formula is C19H26FN5O2. The molecule has 2 N–H and O–H groups in total. The van der Waals surface area contributed by atoms with Gasteiger partial charge in [-0.3, -0.25) is 5.32 Å². The summed E-state index contributed by atoms with van der Waals surface area (Å²) in [6, 6.07) is 8.24. The molecule has 0 unspecified atom stereocenters. The minimum absolute atomic E-state index is 0.158. The second kappa shape index (κ2) is 8.96. The number of hydrogen-bond acceptors (Lipinski definition) is 4. The van der Waals surface area contributed by atoms with E-state index in [2.05, 4.69) is 15.7 Å². The van der Waals surface area contributed by atoms with Gasteiger partial charge in [0.05, 0.1) is 12.3 Å². The van der Waals surface area contributed by atoms with Crippen molar-refractivity contribution in [2.45, 2.75) is 25.8 Å². The Labute approximate surface area is 158 Å². The molecule has 2 heterocycles. The number of nitrogens with zero attached hydrogens (tertiary/aromatic N) is 3. The van der Waals surface area contributed by atoms with Gasteiger partial charge >= 0.3 is 6.03 Å². The van der Waals surface area contributed by atoms with E-state index < -0.39 is 0 Å². The molecular weight excluding hydrogens is 349 g/mol. The van der Waals surface area contributed by atoms with Crippen LogP contribution < -0.4 is 10.6 Å². The molecule has 2 aromatic rings. The molecule has 0 saturated carbocycles. The van der Waals surface area contributed by atoms with Gasteiger partial charge in [0.2, 0.25) is 0 Å². The zero-order chi connectivity index (χ0) is 19.2. The summed E-state index contributed by atoms with van der Waals surface area (Å²) >= 11 is 0. The highest BCUT2D eigenvalue weighted by Crippen LogP contribution is 2.17. The maximum Gasteiger partial charge on any atom is 0.323 e. The topological polar surface area (TPSA) is 71.4 Å². The molecule has 7 nitrogen and oxygen atoms in total. The van der Waals surface area contributed by atoms with Gasteiger partial charge in [-0.25, -0.2) is 13.9 Å². The van der Waals surface area contributed by atoms with Crippen molar-refractivity contribution in [3.05, 3.63) is 41.8 Å². The molecule has 0 atom stereocenters. The molecule has 2 amide bonds. The quantitative estimate of drug-likeness (QED) is 0.762. The number of aromatic nitrogens is 2. The molecule has 0 spiro atoms. The van der Waals surface area contributed by atoms with Crippen LogP contribution in [0.3, 0.4) is 0 Å². The van der Waals surface area contributed by atoms with E-state index in [0.29, 0.717) is 37.2 Å². The lowest BCUT2D eigenvalue weighted by Crippen LogP contribution is -2.46. The van der Waals surface area contributed by atoms with Crippen LogP contribution in [-0.2, 0) is 4.74 Å². The van der Waals surface area contributed by atoms with Crippen molar-refractivity contribution in [2.24, 2.45) is 0 Å². The number of amides is 2. The van der Waals surface area contributed by atoms with Crippen LogP contribution in [0.1, 0.15) is 18.5 Å². The Morgan fingerprint density at radius 1 is 1.33 bits per heavy atom. The standard InChI is InChI=1S/C19H26FN5O2/c1-14-12-18(23-25(14)17-5-3-4-15(20)13-17)22-19(26)24-9-6-16(7-10-24)21-8-11-27-2/h3-5,12-13,16,21H,6-11H2,1-2H3,(H,22,23,26). The summed E-state index contributed by atoms with van der Waals surface area (Å²) in [5.41, 5.74) is 1.44. The summed E-state index contributed by atoms with van der Waals surface area (Å²) in [6.07, 6.45) is 1.82. The summed E-state index contributed by atoms with van der Waals surface area (Å²) in [5.74, 6) is 0.136. The lowest BCUT2D eigenvalue weighted by atomic mass is 10.1. The fraction of sp³-hybridized carbons (Fsp3) is 0.474. The van der Waals surface area contributed by atoms with Crippen LogP contribution in [0.15, 0.2) is 30.3 Å². The zero-order valence-corrected chi connectivity index (χ0v) is 15.7. The molecule has 1 aromatic carbocycles. The van der Waals surface area contributed by atoms with E-state index in [4.69, 9.17) is 4.74 Å². The number of urea groups is 1. The molecule has 1 fully saturated rings. The summed E-state index contributed by atoms with van der Waals surface area (Å²) in [7, 11) is 1.69. The number of anilines is 1. The minimum Gasteiger partial charge on any atom is -0.383 e. The van der Waals surface area contributed by atoms with Crippen LogP contribution in [0, 0.1) is 12.7 Å². The highest BCUT2D eigenvalue weighted by Gasteiger charge is 2.23. The van der Waals surface area contributed by atoms with Crippen molar-refractivity contribution in [1.82, 2.24) is 20.0 Å². The first-order valence-electron chi connectivity index (χ1n) is 9.17. The number of likely N-dealkylation sites (tertiary alicyclic amines) is 1. The number of piperidine rings is 1. The lowest BCUT2D eigenvalue weighted by molar-refractivity contribution is 0.174. The van der Waals surface area contributed by atoms with E-state index in [1.54, 1.807) is 34.9 Å². The van der Waals surface area contributed by atoms with E-state index in [-0.39, 0.29) is 11.8 Å². The number of carbonyl (C=O) groups excluding carboxylic acids is 1. The molecule has 27 heavy (non-hydrogen) atoms. The number of methoxy groups -OCH3 is 1. The van der Waals surface area contributed by atoms with E-state index >= 15 is 0 Å². The number of carbonyl (C=O) groups is 1. The number of benzene rings is 1. The Hall–Kier alpha value is -2.45. The predicted molar refractivity (Wildman–Crippen MR) is 102 cm³/mol. The Bertz CT molecular complexity index is 771. The van der Waals surface area contributed by atoms with E-state index in [1.807, 2.05) is 6.92 Å². The highest BCUT2D eigenvalue weighted by atomic mass is 19.1. The van der Waals surface area contributed by atoms with Crippen molar-refractivity contribution >= 4 is 11.8 Å². The van der Waals surface area contributed by atoms with Crippen LogP contribution in [0.25, 0.3) is 5.69 Å². The first-order chi connectivity index (χ1) is 13.1. The number of rotatable bonds is 6. The van der Waals surface area contributed by atoms with Crippen LogP contribution in [0.2, 0.25) is 0 Å². The van der Waals surface area contributed by atoms with Gasteiger partial charge in [0.1, 0.15) is 5.82 Å². The summed E-state index contributed by atoms with van der Waals surface area (Å²) in [4.78, 5) is 14.3. The number of aryl methyl sites for hydroxylation is 1. The van der Waals surface area contributed by atoms with Crippen LogP contribution in [0.4, 0.5) is 15.0 Å².